The molecule has 0 spiro atoms. The predicted octanol–water partition coefficient (Wildman–Crippen LogP) is 2.77. The minimum Gasteiger partial charge on any atom is -0.467 e. The molecule has 0 aliphatic carbocycles. The van der Waals surface area contributed by atoms with Gasteiger partial charge in [-0.05, 0) is 24.3 Å². The van der Waals surface area contributed by atoms with Crippen molar-refractivity contribution in [1.82, 2.24) is 5.32 Å². The van der Waals surface area contributed by atoms with Crippen LogP contribution in [0, 0.1) is 10.1 Å². The number of nitro groups is 1. The highest BCUT2D eigenvalue weighted by atomic mass is 79.9. The zero-order valence-electron chi connectivity index (χ0n) is 10.5. The van der Waals surface area contributed by atoms with E-state index >= 15 is 0 Å². The molecule has 20 heavy (non-hydrogen) atoms. The van der Waals surface area contributed by atoms with Crippen LogP contribution in [0.15, 0.2) is 45.5 Å². The average Bonchev–Trinajstić information content (AvgIpc) is 2.92. The zero-order valence-corrected chi connectivity index (χ0v) is 12.0. The Balaban J connectivity index is 1.97. The number of nitro benzene ring substituents is 1. The molecule has 0 radical (unpaired) electrons. The third-order valence-corrected chi connectivity index (χ3v) is 3.26. The van der Waals surface area contributed by atoms with Gasteiger partial charge >= 0.3 is 0 Å². The first-order valence-electron chi connectivity index (χ1n) is 5.93. The number of aliphatic hydroxyl groups is 1. The molecule has 1 atom stereocenters. The first-order chi connectivity index (χ1) is 9.58. The van der Waals surface area contributed by atoms with Gasteiger partial charge in [-0.15, -0.1) is 0 Å². The summed E-state index contributed by atoms with van der Waals surface area (Å²) in [4.78, 5) is 10.5. The second kappa shape index (κ2) is 6.65. The Morgan fingerprint density at radius 1 is 1.45 bits per heavy atom. The van der Waals surface area contributed by atoms with Crippen LogP contribution in [0.1, 0.15) is 17.4 Å². The smallest absolute Gasteiger partial charge is 0.273 e. The highest BCUT2D eigenvalue weighted by Gasteiger charge is 2.15. The molecular formula is C13H13BrN2O4. The molecule has 1 unspecified atom stereocenters. The first kappa shape index (κ1) is 14.7. The van der Waals surface area contributed by atoms with Crippen molar-refractivity contribution in [2.24, 2.45) is 0 Å². The molecule has 1 aromatic heterocycles. The van der Waals surface area contributed by atoms with Crippen molar-refractivity contribution < 1.29 is 14.4 Å². The maximum absolute atomic E-state index is 10.9. The summed E-state index contributed by atoms with van der Waals surface area (Å²) < 4.78 is 5.84. The van der Waals surface area contributed by atoms with Gasteiger partial charge in [-0.2, -0.15) is 0 Å². The molecule has 0 amide bonds. The number of hydrogen-bond acceptors (Lipinski definition) is 5. The van der Waals surface area contributed by atoms with Crippen LogP contribution in [0.2, 0.25) is 0 Å². The van der Waals surface area contributed by atoms with Crippen molar-refractivity contribution in [2.45, 2.75) is 12.6 Å². The summed E-state index contributed by atoms with van der Waals surface area (Å²) in [6, 6.07) is 8.12. The summed E-state index contributed by atoms with van der Waals surface area (Å²) in [7, 11) is 0. The third-order valence-electron chi connectivity index (χ3n) is 2.76. The highest BCUT2D eigenvalue weighted by Crippen LogP contribution is 2.23. The van der Waals surface area contributed by atoms with Gasteiger partial charge in [-0.25, -0.2) is 0 Å². The van der Waals surface area contributed by atoms with Crippen molar-refractivity contribution in [3.05, 3.63) is 62.5 Å². The van der Waals surface area contributed by atoms with Crippen molar-refractivity contribution in [3.63, 3.8) is 0 Å². The van der Waals surface area contributed by atoms with Gasteiger partial charge in [0.25, 0.3) is 5.69 Å². The molecule has 0 aliphatic heterocycles. The SMILES string of the molecule is O=[N+]([O-])c1ccc(Br)cc1CNCC(O)c1ccco1. The van der Waals surface area contributed by atoms with Crippen LogP contribution in [0.4, 0.5) is 5.69 Å². The van der Waals surface area contributed by atoms with Crippen molar-refractivity contribution in [1.29, 1.82) is 0 Å². The van der Waals surface area contributed by atoms with Crippen molar-refractivity contribution >= 4 is 21.6 Å². The van der Waals surface area contributed by atoms with Crippen LogP contribution in [-0.4, -0.2) is 16.6 Å². The van der Waals surface area contributed by atoms with E-state index in [-0.39, 0.29) is 18.8 Å². The Hall–Kier alpha value is -1.70. The number of nitrogens with one attached hydrogen (secondary N) is 1. The molecule has 1 heterocycles. The van der Waals surface area contributed by atoms with E-state index in [1.165, 1.54) is 12.3 Å². The van der Waals surface area contributed by atoms with Gasteiger partial charge in [-0.1, -0.05) is 15.9 Å². The quantitative estimate of drug-likeness (QED) is 0.623. The van der Waals surface area contributed by atoms with E-state index in [1.807, 2.05) is 0 Å². The van der Waals surface area contributed by atoms with Crippen LogP contribution in [0.25, 0.3) is 0 Å². The highest BCUT2D eigenvalue weighted by molar-refractivity contribution is 9.10. The molecule has 0 fully saturated rings. The topological polar surface area (TPSA) is 88.5 Å². The van der Waals surface area contributed by atoms with Crippen molar-refractivity contribution in [3.8, 4) is 0 Å². The Kier molecular flexibility index (Phi) is 4.89. The molecule has 6 nitrogen and oxygen atoms in total. The Morgan fingerprint density at radius 2 is 2.25 bits per heavy atom. The maximum Gasteiger partial charge on any atom is 0.273 e. The predicted molar refractivity (Wildman–Crippen MR) is 76.2 cm³/mol. The van der Waals surface area contributed by atoms with E-state index in [1.54, 1.807) is 24.3 Å². The van der Waals surface area contributed by atoms with Crippen LogP contribution in [-0.2, 0) is 6.54 Å². The largest absolute Gasteiger partial charge is 0.467 e. The Morgan fingerprint density at radius 3 is 2.90 bits per heavy atom. The Labute approximate surface area is 123 Å². The molecule has 0 aliphatic rings. The summed E-state index contributed by atoms with van der Waals surface area (Å²) >= 11 is 3.28. The van der Waals surface area contributed by atoms with Gasteiger partial charge < -0.3 is 14.8 Å². The van der Waals surface area contributed by atoms with E-state index < -0.39 is 11.0 Å². The monoisotopic (exact) mass is 340 g/mol. The van der Waals surface area contributed by atoms with Crippen LogP contribution in [0.3, 0.4) is 0 Å². The first-order valence-corrected chi connectivity index (χ1v) is 6.72. The second-order valence-electron chi connectivity index (χ2n) is 4.19. The second-order valence-corrected chi connectivity index (χ2v) is 5.11. The van der Waals surface area contributed by atoms with E-state index in [0.29, 0.717) is 11.3 Å². The molecule has 0 saturated heterocycles. The lowest BCUT2D eigenvalue weighted by molar-refractivity contribution is -0.385. The van der Waals surface area contributed by atoms with Crippen LogP contribution < -0.4 is 5.32 Å². The normalized spacial score (nSPS) is 12.3. The number of benzene rings is 1. The lowest BCUT2D eigenvalue weighted by Gasteiger charge is -2.10. The summed E-state index contributed by atoms with van der Waals surface area (Å²) in [5.41, 5.74) is 0.601. The summed E-state index contributed by atoms with van der Waals surface area (Å²) in [5.74, 6) is 0.459. The fraction of sp³-hybridized carbons (Fsp3) is 0.231. The van der Waals surface area contributed by atoms with Gasteiger partial charge in [0.05, 0.1) is 11.2 Å². The van der Waals surface area contributed by atoms with E-state index in [4.69, 9.17) is 4.42 Å². The van der Waals surface area contributed by atoms with Crippen molar-refractivity contribution in [2.75, 3.05) is 6.54 Å². The maximum atomic E-state index is 10.9. The fourth-order valence-electron chi connectivity index (χ4n) is 1.80. The van der Waals surface area contributed by atoms with E-state index in [9.17, 15) is 15.2 Å². The lowest BCUT2D eigenvalue weighted by atomic mass is 10.1. The molecule has 7 heteroatoms. The summed E-state index contributed by atoms with van der Waals surface area (Å²) in [6.07, 6.45) is 0.703. The number of aliphatic hydroxyl groups excluding tert-OH is 1. The minimum absolute atomic E-state index is 0.0492. The number of halogens is 1. The molecule has 106 valence electrons. The summed E-state index contributed by atoms with van der Waals surface area (Å²) in [6.45, 7) is 0.532. The molecular weight excluding hydrogens is 328 g/mol. The fourth-order valence-corrected chi connectivity index (χ4v) is 2.21. The molecule has 2 N–H and O–H groups in total. The number of furan rings is 1. The van der Waals surface area contributed by atoms with Crippen LogP contribution >= 0.6 is 15.9 Å². The standard InChI is InChI=1S/C13H13BrN2O4/c14-10-3-4-11(16(18)19)9(6-10)7-15-8-12(17)13-2-1-5-20-13/h1-6,12,15,17H,7-8H2. The van der Waals surface area contributed by atoms with E-state index in [2.05, 4.69) is 21.2 Å². The minimum atomic E-state index is -0.781. The molecule has 1 aromatic carbocycles. The molecule has 0 bridgehead atoms. The van der Waals surface area contributed by atoms with Gasteiger partial charge in [0.1, 0.15) is 11.9 Å². The zero-order chi connectivity index (χ0) is 14.5. The number of rotatable bonds is 6. The lowest BCUT2D eigenvalue weighted by Crippen LogP contribution is -2.21. The molecule has 0 saturated carbocycles. The third kappa shape index (κ3) is 3.66. The number of hydrogen-bond donors (Lipinski definition) is 2. The van der Waals surface area contributed by atoms with Gasteiger partial charge in [0.2, 0.25) is 0 Å². The van der Waals surface area contributed by atoms with Gasteiger partial charge in [-0.3, -0.25) is 10.1 Å². The van der Waals surface area contributed by atoms with E-state index in [0.717, 1.165) is 4.47 Å². The summed E-state index contributed by atoms with van der Waals surface area (Å²) in [5, 5.41) is 23.7. The van der Waals surface area contributed by atoms with Crippen LogP contribution in [0.5, 0.6) is 0 Å². The number of nitrogens with zero attached hydrogens (tertiary/aromatic N) is 1. The average molecular weight is 341 g/mol. The van der Waals surface area contributed by atoms with Gasteiger partial charge in [0, 0.05) is 29.2 Å². The van der Waals surface area contributed by atoms with Gasteiger partial charge in [0.15, 0.2) is 0 Å². The molecule has 2 aromatic rings. The molecule has 2 rings (SSSR count). The Bertz CT molecular complexity index is 586.